The van der Waals surface area contributed by atoms with Crippen LogP contribution < -0.4 is 5.73 Å². The van der Waals surface area contributed by atoms with Gasteiger partial charge in [-0.15, -0.1) is 0 Å². The number of aliphatic hydroxyl groups excluding tert-OH is 1. The zero-order valence-electron chi connectivity index (χ0n) is 11.6. The smallest absolute Gasteiger partial charge is 0.0608 e. The third-order valence-corrected chi connectivity index (χ3v) is 4.02. The molecule has 1 fully saturated rings. The normalized spacial score (nSPS) is 20.3. The third-order valence-electron chi connectivity index (χ3n) is 4.02. The highest BCUT2D eigenvalue weighted by Crippen LogP contribution is 2.27. The fraction of sp³-hybridized carbons (Fsp3) is 1.00. The molecule has 0 saturated heterocycles. The molecule has 1 aliphatic carbocycles. The van der Waals surface area contributed by atoms with E-state index in [1.165, 1.54) is 38.8 Å². The lowest BCUT2D eigenvalue weighted by Gasteiger charge is -2.32. The SMILES string of the molecule is CCN(CCCCC(C)(N)CO)CC1CCC1. The number of nitrogens with two attached hydrogens (primary N) is 1. The number of hydrogen-bond donors (Lipinski definition) is 2. The van der Waals surface area contributed by atoms with Gasteiger partial charge in [0.2, 0.25) is 0 Å². The standard InChI is InChI=1S/C14H30N2O/c1-3-16(11-13-7-6-8-13)10-5-4-9-14(2,15)12-17/h13,17H,3-12,15H2,1-2H3. The van der Waals surface area contributed by atoms with E-state index in [-0.39, 0.29) is 12.1 Å². The number of nitrogens with zero attached hydrogens (tertiary/aromatic N) is 1. The van der Waals surface area contributed by atoms with Crippen LogP contribution in [0.15, 0.2) is 0 Å². The lowest BCUT2D eigenvalue weighted by molar-refractivity contribution is 0.174. The summed E-state index contributed by atoms with van der Waals surface area (Å²) in [6, 6.07) is 0. The van der Waals surface area contributed by atoms with Gasteiger partial charge in [0.25, 0.3) is 0 Å². The average Bonchev–Trinajstić information content (AvgIpc) is 2.26. The van der Waals surface area contributed by atoms with E-state index in [0.717, 1.165) is 25.3 Å². The van der Waals surface area contributed by atoms with Crippen LogP contribution in [0.1, 0.15) is 52.4 Å². The van der Waals surface area contributed by atoms with Gasteiger partial charge < -0.3 is 15.7 Å². The summed E-state index contributed by atoms with van der Waals surface area (Å²) in [5, 5.41) is 9.07. The van der Waals surface area contributed by atoms with Crippen molar-refractivity contribution in [1.82, 2.24) is 4.90 Å². The van der Waals surface area contributed by atoms with Gasteiger partial charge in [-0.05, 0) is 51.6 Å². The highest BCUT2D eigenvalue weighted by Gasteiger charge is 2.20. The maximum absolute atomic E-state index is 9.07. The maximum atomic E-state index is 9.07. The second kappa shape index (κ2) is 7.34. The van der Waals surface area contributed by atoms with E-state index in [9.17, 15) is 0 Å². The van der Waals surface area contributed by atoms with Crippen molar-refractivity contribution in [2.45, 2.75) is 57.9 Å². The minimum atomic E-state index is -0.384. The second-order valence-corrected chi connectivity index (χ2v) is 5.96. The van der Waals surface area contributed by atoms with Gasteiger partial charge in [0.1, 0.15) is 0 Å². The molecule has 102 valence electrons. The zero-order chi connectivity index (χ0) is 12.7. The summed E-state index contributed by atoms with van der Waals surface area (Å²) >= 11 is 0. The summed E-state index contributed by atoms with van der Waals surface area (Å²) < 4.78 is 0. The summed E-state index contributed by atoms with van der Waals surface area (Å²) in [6.45, 7) is 7.91. The molecule has 1 rings (SSSR count). The van der Waals surface area contributed by atoms with Crippen LogP contribution in [0.3, 0.4) is 0 Å². The number of unbranched alkanes of at least 4 members (excludes halogenated alkanes) is 1. The summed E-state index contributed by atoms with van der Waals surface area (Å²) in [4.78, 5) is 2.57. The zero-order valence-corrected chi connectivity index (χ0v) is 11.6. The van der Waals surface area contributed by atoms with E-state index in [1.54, 1.807) is 0 Å². The molecule has 1 aliphatic rings. The average molecular weight is 242 g/mol. The van der Waals surface area contributed by atoms with Gasteiger partial charge in [-0.1, -0.05) is 19.8 Å². The summed E-state index contributed by atoms with van der Waals surface area (Å²) in [7, 11) is 0. The van der Waals surface area contributed by atoms with E-state index in [1.807, 2.05) is 6.92 Å². The van der Waals surface area contributed by atoms with Crippen molar-refractivity contribution in [3.8, 4) is 0 Å². The minimum absolute atomic E-state index is 0.0898. The molecule has 0 aromatic heterocycles. The van der Waals surface area contributed by atoms with Crippen molar-refractivity contribution >= 4 is 0 Å². The van der Waals surface area contributed by atoms with Crippen molar-refractivity contribution in [3.63, 3.8) is 0 Å². The van der Waals surface area contributed by atoms with Crippen LogP contribution in [-0.2, 0) is 0 Å². The Kier molecular flexibility index (Phi) is 6.45. The van der Waals surface area contributed by atoms with Gasteiger partial charge in [-0.2, -0.15) is 0 Å². The predicted molar refractivity (Wildman–Crippen MR) is 73.0 cm³/mol. The van der Waals surface area contributed by atoms with Gasteiger partial charge in [0, 0.05) is 12.1 Å². The van der Waals surface area contributed by atoms with Crippen molar-refractivity contribution in [2.24, 2.45) is 11.7 Å². The lowest BCUT2D eigenvalue weighted by atomic mass is 9.85. The molecule has 0 aromatic carbocycles. The van der Waals surface area contributed by atoms with Crippen molar-refractivity contribution < 1.29 is 5.11 Å². The first-order valence-electron chi connectivity index (χ1n) is 7.19. The van der Waals surface area contributed by atoms with Gasteiger partial charge in [0.05, 0.1) is 6.61 Å². The molecule has 0 aromatic rings. The van der Waals surface area contributed by atoms with E-state index in [2.05, 4.69) is 11.8 Å². The third kappa shape index (κ3) is 5.84. The molecule has 1 saturated carbocycles. The first kappa shape index (κ1) is 14.9. The molecule has 0 aliphatic heterocycles. The van der Waals surface area contributed by atoms with Crippen LogP contribution in [0.5, 0.6) is 0 Å². The van der Waals surface area contributed by atoms with Crippen LogP contribution in [0.2, 0.25) is 0 Å². The number of hydrogen-bond acceptors (Lipinski definition) is 3. The fourth-order valence-electron chi connectivity index (χ4n) is 2.36. The molecule has 3 nitrogen and oxygen atoms in total. The topological polar surface area (TPSA) is 49.5 Å². The Morgan fingerprint density at radius 2 is 2.06 bits per heavy atom. The second-order valence-electron chi connectivity index (χ2n) is 5.96. The minimum Gasteiger partial charge on any atom is -0.394 e. The number of rotatable bonds is 9. The molecule has 0 spiro atoms. The highest BCUT2D eigenvalue weighted by molar-refractivity contribution is 4.77. The Morgan fingerprint density at radius 1 is 1.35 bits per heavy atom. The summed E-state index contributed by atoms with van der Waals surface area (Å²) in [6.07, 6.45) is 7.54. The first-order valence-corrected chi connectivity index (χ1v) is 7.19. The van der Waals surface area contributed by atoms with E-state index >= 15 is 0 Å². The largest absolute Gasteiger partial charge is 0.394 e. The molecular weight excluding hydrogens is 212 g/mol. The van der Waals surface area contributed by atoms with Crippen molar-refractivity contribution in [3.05, 3.63) is 0 Å². The van der Waals surface area contributed by atoms with Crippen LogP contribution in [-0.4, -0.2) is 41.8 Å². The van der Waals surface area contributed by atoms with Crippen LogP contribution >= 0.6 is 0 Å². The van der Waals surface area contributed by atoms with Gasteiger partial charge in [-0.25, -0.2) is 0 Å². The molecule has 0 heterocycles. The molecule has 1 unspecified atom stereocenters. The van der Waals surface area contributed by atoms with Crippen molar-refractivity contribution in [1.29, 1.82) is 0 Å². The van der Waals surface area contributed by atoms with Crippen LogP contribution in [0, 0.1) is 5.92 Å². The number of aliphatic hydroxyl groups is 1. The van der Waals surface area contributed by atoms with Gasteiger partial charge in [0.15, 0.2) is 0 Å². The molecular formula is C14H30N2O. The Labute approximate surface area is 106 Å². The molecule has 1 atom stereocenters. The quantitative estimate of drug-likeness (QED) is 0.608. The van der Waals surface area contributed by atoms with E-state index in [0.29, 0.717) is 0 Å². The maximum Gasteiger partial charge on any atom is 0.0608 e. The van der Waals surface area contributed by atoms with E-state index < -0.39 is 0 Å². The Morgan fingerprint density at radius 3 is 2.53 bits per heavy atom. The summed E-state index contributed by atoms with van der Waals surface area (Å²) in [5.41, 5.74) is 5.53. The highest BCUT2D eigenvalue weighted by atomic mass is 16.3. The monoisotopic (exact) mass is 242 g/mol. The predicted octanol–water partition coefficient (Wildman–Crippen LogP) is 1.99. The molecule has 0 bridgehead atoms. The summed E-state index contributed by atoms with van der Waals surface area (Å²) in [5.74, 6) is 0.965. The molecule has 3 heteroatoms. The van der Waals surface area contributed by atoms with Crippen LogP contribution in [0.25, 0.3) is 0 Å². The Bertz CT molecular complexity index is 202. The molecule has 3 N–H and O–H groups in total. The van der Waals surface area contributed by atoms with Gasteiger partial charge in [-0.3, -0.25) is 0 Å². The van der Waals surface area contributed by atoms with Crippen LogP contribution in [0.4, 0.5) is 0 Å². The Balaban J connectivity index is 2.06. The molecule has 0 amide bonds. The van der Waals surface area contributed by atoms with Crippen molar-refractivity contribution in [2.75, 3.05) is 26.2 Å². The lowest BCUT2D eigenvalue weighted by Crippen LogP contribution is -2.40. The fourth-order valence-corrected chi connectivity index (χ4v) is 2.36. The van der Waals surface area contributed by atoms with Gasteiger partial charge >= 0.3 is 0 Å². The molecule has 0 radical (unpaired) electrons. The molecule has 17 heavy (non-hydrogen) atoms. The van der Waals surface area contributed by atoms with E-state index in [4.69, 9.17) is 10.8 Å². The first-order chi connectivity index (χ1) is 8.07. The Hall–Kier alpha value is -0.120.